The number of aromatic nitrogens is 1. The summed E-state index contributed by atoms with van der Waals surface area (Å²) in [5, 5.41) is 11.0. The number of nitrogens with zero attached hydrogens (tertiary/aromatic N) is 2. The van der Waals surface area contributed by atoms with Crippen LogP contribution >= 0.6 is 22.6 Å². The Balaban J connectivity index is 3.20. The van der Waals surface area contributed by atoms with Crippen LogP contribution in [-0.2, 0) is 16.0 Å². The Hall–Kier alpha value is -1.66. The molecule has 0 radical (unpaired) electrons. The van der Waals surface area contributed by atoms with Gasteiger partial charge in [-0.25, -0.2) is 4.98 Å². The van der Waals surface area contributed by atoms with E-state index in [0.717, 1.165) is 0 Å². The van der Waals surface area contributed by atoms with Gasteiger partial charge < -0.3 is 9.47 Å². The lowest BCUT2D eigenvalue weighted by molar-refractivity contribution is -0.387. The van der Waals surface area contributed by atoms with Gasteiger partial charge in [-0.3, -0.25) is 14.9 Å². The Bertz CT molecular complexity index is 564. The zero-order valence-corrected chi connectivity index (χ0v) is 12.6. The molecule has 0 aliphatic carbocycles. The minimum Gasteiger partial charge on any atom is -0.466 e. The average molecular weight is 420 g/mol. The monoisotopic (exact) mass is 420 g/mol. The van der Waals surface area contributed by atoms with E-state index in [-0.39, 0.29) is 12.3 Å². The first kappa shape index (κ1) is 17.4. The highest BCUT2D eigenvalue weighted by atomic mass is 127. The van der Waals surface area contributed by atoms with E-state index >= 15 is 0 Å². The molecule has 0 atom stereocenters. The smallest absolute Gasteiger partial charge is 0.466 e. The van der Waals surface area contributed by atoms with Crippen molar-refractivity contribution in [3.8, 4) is 5.75 Å². The minimum atomic E-state index is -5.00. The third kappa shape index (κ3) is 4.99. The molecule has 0 amide bonds. The lowest BCUT2D eigenvalue weighted by Crippen LogP contribution is -2.19. The number of carbonyl (C=O) groups excluding carboxylic acids is 1. The van der Waals surface area contributed by atoms with Gasteiger partial charge in [0.1, 0.15) is 9.26 Å². The van der Waals surface area contributed by atoms with Crippen LogP contribution in [0.25, 0.3) is 0 Å². The summed E-state index contributed by atoms with van der Waals surface area (Å²) in [6, 6.07) is 0. The van der Waals surface area contributed by atoms with Crippen molar-refractivity contribution >= 4 is 34.2 Å². The third-order valence-electron chi connectivity index (χ3n) is 2.06. The topological polar surface area (TPSA) is 91.6 Å². The highest BCUT2D eigenvalue weighted by Crippen LogP contribution is 2.34. The molecule has 1 aromatic heterocycles. The number of alkyl halides is 3. The van der Waals surface area contributed by atoms with Crippen LogP contribution < -0.4 is 4.74 Å². The highest BCUT2D eigenvalue weighted by Gasteiger charge is 2.35. The van der Waals surface area contributed by atoms with Crippen molar-refractivity contribution in [2.45, 2.75) is 19.7 Å². The Kier molecular flexibility index (Phi) is 5.69. The maximum atomic E-state index is 12.2. The Labute approximate surface area is 129 Å². The molecule has 0 bridgehead atoms. The zero-order chi connectivity index (χ0) is 16.2. The summed E-state index contributed by atoms with van der Waals surface area (Å²) < 4.78 is 44.4. The van der Waals surface area contributed by atoms with Crippen LogP contribution in [0.1, 0.15) is 12.6 Å². The van der Waals surface area contributed by atoms with Crippen LogP contribution in [-0.4, -0.2) is 28.8 Å². The molecule has 1 aromatic rings. The van der Waals surface area contributed by atoms with Crippen molar-refractivity contribution in [2.75, 3.05) is 6.61 Å². The SMILES string of the molecule is CCOC(=O)Cc1ncc(OC(F)(F)F)c(I)c1[N+](=O)[O-]. The number of pyridine rings is 1. The molecule has 0 saturated heterocycles. The number of halogens is 4. The van der Waals surface area contributed by atoms with Gasteiger partial charge in [-0.2, -0.15) is 0 Å². The fraction of sp³-hybridized carbons (Fsp3) is 0.400. The number of hydrogen-bond acceptors (Lipinski definition) is 6. The molecule has 0 aliphatic heterocycles. The van der Waals surface area contributed by atoms with Crippen molar-refractivity contribution in [1.29, 1.82) is 0 Å². The van der Waals surface area contributed by atoms with Gasteiger partial charge in [-0.15, -0.1) is 13.2 Å². The van der Waals surface area contributed by atoms with E-state index in [9.17, 15) is 28.1 Å². The molecule has 21 heavy (non-hydrogen) atoms. The molecule has 1 rings (SSSR count). The largest absolute Gasteiger partial charge is 0.573 e. The summed E-state index contributed by atoms with van der Waals surface area (Å²) in [4.78, 5) is 24.9. The predicted octanol–water partition coefficient (Wildman–Crippen LogP) is 2.60. The second-order valence-corrected chi connectivity index (χ2v) is 4.60. The average Bonchev–Trinajstić information content (AvgIpc) is 2.31. The van der Waals surface area contributed by atoms with E-state index in [2.05, 4.69) is 14.5 Å². The predicted molar refractivity (Wildman–Crippen MR) is 70.6 cm³/mol. The van der Waals surface area contributed by atoms with Crippen molar-refractivity contribution in [3.63, 3.8) is 0 Å². The van der Waals surface area contributed by atoms with Gasteiger partial charge >= 0.3 is 18.0 Å². The number of rotatable bonds is 5. The van der Waals surface area contributed by atoms with Gasteiger partial charge in [0, 0.05) is 0 Å². The zero-order valence-electron chi connectivity index (χ0n) is 10.4. The Morgan fingerprint density at radius 1 is 1.52 bits per heavy atom. The molecular formula is C10H8F3IN2O5. The van der Waals surface area contributed by atoms with Crippen LogP contribution in [0.15, 0.2) is 6.20 Å². The molecule has 11 heteroatoms. The van der Waals surface area contributed by atoms with Crippen molar-refractivity contribution in [3.05, 3.63) is 25.6 Å². The normalized spacial score (nSPS) is 11.1. The Morgan fingerprint density at radius 2 is 2.14 bits per heavy atom. The lowest BCUT2D eigenvalue weighted by Gasteiger charge is -2.11. The van der Waals surface area contributed by atoms with Gasteiger partial charge in [0.15, 0.2) is 5.75 Å². The minimum absolute atomic E-state index is 0.0684. The Morgan fingerprint density at radius 3 is 2.62 bits per heavy atom. The number of hydrogen-bond donors (Lipinski definition) is 0. The van der Waals surface area contributed by atoms with Crippen LogP contribution in [0.3, 0.4) is 0 Å². The summed E-state index contributed by atoms with van der Waals surface area (Å²) in [7, 11) is 0. The second kappa shape index (κ2) is 6.87. The van der Waals surface area contributed by atoms with E-state index in [0.29, 0.717) is 6.20 Å². The standard InChI is InChI=1S/C10H8F3IN2O5/c1-2-20-7(17)3-5-9(16(18)19)8(14)6(4-15-5)21-10(11,12)13/h4H,2-3H2,1H3. The summed E-state index contributed by atoms with van der Waals surface area (Å²) in [6.07, 6.45) is -4.85. The van der Waals surface area contributed by atoms with Crippen LogP contribution in [0.4, 0.5) is 18.9 Å². The first-order valence-corrected chi connectivity index (χ1v) is 6.46. The molecule has 0 fully saturated rings. The number of carbonyl (C=O) groups is 1. The van der Waals surface area contributed by atoms with E-state index in [1.165, 1.54) is 22.6 Å². The number of ether oxygens (including phenoxy) is 2. The molecule has 116 valence electrons. The fourth-order valence-corrected chi connectivity index (χ4v) is 2.11. The van der Waals surface area contributed by atoms with Crippen LogP contribution in [0.5, 0.6) is 5.75 Å². The quantitative estimate of drug-likeness (QED) is 0.315. The molecule has 0 aliphatic rings. The molecule has 1 heterocycles. The molecule has 0 N–H and O–H groups in total. The van der Waals surface area contributed by atoms with E-state index < -0.39 is 38.7 Å². The summed E-state index contributed by atoms with van der Waals surface area (Å²) >= 11 is 1.33. The first-order valence-electron chi connectivity index (χ1n) is 5.38. The van der Waals surface area contributed by atoms with Crippen molar-refractivity contribution < 1.29 is 32.4 Å². The van der Waals surface area contributed by atoms with E-state index in [1.54, 1.807) is 6.92 Å². The number of esters is 1. The first-order chi connectivity index (χ1) is 9.65. The molecule has 0 spiro atoms. The highest BCUT2D eigenvalue weighted by molar-refractivity contribution is 14.1. The van der Waals surface area contributed by atoms with E-state index in [1.807, 2.05) is 0 Å². The van der Waals surface area contributed by atoms with Gasteiger partial charge in [0.2, 0.25) is 0 Å². The van der Waals surface area contributed by atoms with Crippen LogP contribution in [0.2, 0.25) is 0 Å². The van der Waals surface area contributed by atoms with Gasteiger partial charge in [0.25, 0.3) is 0 Å². The molecule has 0 aromatic carbocycles. The van der Waals surface area contributed by atoms with Gasteiger partial charge in [-0.05, 0) is 29.5 Å². The molecular weight excluding hydrogens is 412 g/mol. The lowest BCUT2D eigenvalue weighted by atomic mass is 10.2. The second-order valence-electron chi connectivity index (χ2n) is 3.52. The van der Waals surface area contributed by atoms with E-state index in [4.69, 9.17) is 0 Å². The van der Waals surface area contributed by atoms with Gasteiger partial charge in [0.05, 0.1) is 24.1 Å². The summed E-state index contributed by atoms with van der Waals surface area (Å²) in [6.45, 7) is 1.61. The summed E-state index contributed by atoms with van der Waals surface area (Å²) in [5.41, 5.74) is -1.01. The molecule has 7 nitrogen and oxygen atoms in total. The number of nitro groups is 1. The van der Waals surface area contributed by atoms with Crippen LogP contribution in [0, 0.1) is 13.7 Å². The maximum absolute atomic E-state index is 12.2. The third-order valence-corrected chi connectivity index (χ3v) is 3.10. The maximum Gasteiger partial charge on any atom is 0.573 e. The van der Waals surface area contributed by atoms with Gasteiger partial charge in [-0.1, -0.05) is 0 Å². The van der Waals surface area contributed by atoms with Crippen molar-refractivity contribution in [2.24, 2.45) is 0 Å². The molecule has 0 saturated carbocycles. The molecule has 0 unspecified atom stereocenters. The fourth-order valence-electron chi connectivity index (χ4n) is 1.36. The van der Waals surface area contributed by atoms with Crippen molar-refractivity contribution in [1.82, 2.24) is 4.98 Å². The summed E-state index contributed by atoms with van der Waals surface area (Å²) in [5.74, 6) is -1.57.